The molecule has 1 N–H and O–H groups in total. The van der Waals surface area contributed by atoms with Gasteiger partial charge in [-0.1, -0.05) is 6.07 Å². The van der Waals surface area contributed by atoms with Crippen LogP contribution in [0.25, 0.3) is 10.9 Å². The molecule has 0 fully saturated rings. The van der Waals surface area contributed by atoms with Crippen molar-refractivity contribution in [3.8, 4) is 0 Å². The number of ketones is 1. The summed E-state index contributed by atoms with van der Waals surface area (Å²) >= 11 is 0. The van der Waals surface area contributed by atoms with Crippen LogP contribution in [0.2, 0.25) is 0 Å². The number of carbonyl (C=O) groups excluding carboxylic acids is 1. The summed E-state index contributed by atoms with van der Waals surface area (Å²) < 4.78 is 13.5. The molecule has 2 aromatic rings. The van der Waals surface area contributed by atoms with E-state index >= 15 is 0 Å². The average molecular weight is 205 g/mol. The van der Waals surface area contributed by atoms with Crippen LogP contribution in [-0.4, -0.2) is 10.8 Å². The third kappa shape index (κ3) is 1.35. The fraction of sp³-hybridized carbons (Fsp3) is 0.250. The number of aromatic nitrogens is 1. The number of halogens is 1. The Hall–Kier alpha value is -1.64. The van der Waals surface area contributed by atoms with Crippen molar-refractivity contribution in [2.75, 3.05) is 0 Å². The normalized spacial score (nSPS) is 10.9. The maximum Gasteiger partial charge on any atom is 0.176 e. The molecule has 2 nitrogen and oxygen atoms in total. The van der Waals surface area contributed by atoms with E-state index in [2.05, 4.69) is 4.98 Å². The van der Waals surface area contributed by atoms with Crippen molar-refractivity contribution < 1.29 is 9.18 Å². The lowest BCUT2D eigenvalue weighted by Gasteiger charge is -1.98. The molecule has 15 heavy (non-hydrogen) atoms. The van der Waals surface area contributed by atoms with Crippen molar-refractivity contribution in [2.24, 2.45) is 0 Å². The number of carbonyl (C=O) groups is 1. The van der Waals surface area contributed by atoms with Gasteiger partial charge >= 0.3 is 0 Å². The van der Waals surface area contributed by atoms with Crippen LogP contribution in [0.5, 0.6) is 0 Å². The van der Waals surface area contributed by atoms with Crippen LogP contribution in [-0.2, 0) is 0 Å². The summed E-state index contributed by atoms with van der Waals surface area (Å²) in [5.74, 6) is -0.381. The Kier molecular flexibility index (Phi) is 2.11. The number of hydrogen-bond donors (Lipinski definition) is 1. The first-order valence-electron chi connectivity index (χ1n) is 4.80. The second-order valence-corrected chi connectivity index (χ2v) is 3.80. The number of Topliss-reactive ketones (excluding diaryl/α,β-unsaturated/α-hetero) is 1. The molecule has 2 rings (SSSR count). The molecular weight excluding hydrogens is 193 g/mol. The number of rotatable bonds is 1. The SMILES string of the molecule is CC(=O)c1[nH]c2c(F)ccc(C)c2c1C. The molecule has 0 aliphatic rings. The second kappa shape index (κ2) is 3.19. The van der Waals surface area contributed by atoms with E-state index in [9.17, 15) is 9.18 Å². The van der Waals surface area contributed by atoms with Gasteiger partial charge in [0.25, 0.3) is 0 Å². The van der Waals surface area contributed by atoms with Gasteiger partial charge < -0.3 is 4.98 Å². The molecule has 0 atom stereocenters. The van der Waals surface area contributed by atoms with Gasteiger partial charge in [-0.05, 0) is 31.0 Å². The highest BCUT2D eigenvalue weighted by Gasteiger charge is 2.15. The highest BCUT2D eigenvalue weighted by Crippen LogP contribution is 2.27. The summed E-state index contributed by atoms with van der Waals surface area (Å²) in [4.78, 5) is 14.2. The van der Waals surface area contributed by atoms with Crippen molar-refractivity contribution >= 4 is 16.7 Å². The van der Waals surface area contributed by atoms with Crippen molar-refractivity contribution in [1.82, 2.24) is 4.98 Å². The van der Waals surface area contributed by atoms with E-state index < -0.39 is 0 Å². The van der Waals surface area contributed by atoms with E-state index in [1.54, 1.807) is 6.07 Å². The van der Waals surface area contributed by atoms with E-state index in [0.29, 0.717) is 11.2 Å². The van der Waals surface area contributed by atoms with Gasteiger partial charge in [0.2, 0.25) is 0 Å². The predicted octanol–water partition coefficient (Wildman–Crippen LogP) is 3.13. The third-order valence-corrected chi connectivity index (χ3v) is 2.71. The van der Waals surface area contributed by atoms with E-state index in [-0.39, 0.29) is 11.6 Å². The van der Waals surface area contributed by atoms with Crippen LogP contribution < -0.4 is 0 Å². The maximum atomic E-state index is 13.5. The monoisotopic (exact) mass is 205 g/mol. The van der Waals surface area contributed by atoms with Crippen LogP contribution in [0.3, 0.4) is 0 Å². The molecule has 1 aromatic heterocycles. The largest absolute Gasteiger partial charge is 0.349 e. The van der Waals surface area contributed by atoms with Gasteiger partial charge in [0.15, 0.2) is 5.78 Å². The molecular formula is C12H12FNO. The number of fused-ring (bicyclic) bond motifs is 1. The van der Waals surface area contributed by atoms with E-state index in [1.165, 1.54) is 13.0 Å². The summed E-state index contributed by atoms with van der Waals surface area (Å²) in [6, 6.07) is 3.14. The molecule has 1 aromatic carbocycles. The molecule has 3 heteroatoms. The first-order chi connectivity index (χ1) is 7.02. The highest BCUT2D eigenvalue weighted by atomic mass is 19.1. The van der Waals surface area contributed by atoms with Gasteiger partial charge in [-0.2, -0.15) is 0 Å². The number of nitrogens with one attached hydrogen (secondary N) is 1. The molecule has 0 saturated heterocycles. The van der Waals surface area contributed by atoms with Gasteiger partial charge in [0.05, 0.1) is 11.2 Å². The molecule has 0 radical (unpaired) electrons. The lowest BCUT2D eigenvalue weighted by atomic mass is 10.1. The number of benzene rings is 1. The molecule has 0 aliphatic carbocycles. The lowest BCUT2D eigenvalue weighted by Crippen LogP contribution is -1.94. The molecule has 0 unspecified atom stereocenters. The lowest BCUT2D eigenvalue weighted by molar-refractivity contribution is 0.101. The predicted molar refractivity (Wildman–Crippen MR) is 57.7 cm³/mol. The fourth-order valence-electron chi connectivity index (χ4n) is 1.98. The number of hydrogen-bond acceptors (Lipinski definition) is 1. The van der Waals surface area contributed by atoms with Crippen molar-refractivity contribution in [3.63, 3.8) is 0 Å². The first-order valence-corrected chi connectivity index (χ1v) is 4.80. The Balaban J connectivity index is 2.93. The molecule has 0 aliphatic heterocycles. The van der Waals surface area contributed by atoms with Crippen molar-refractivity contribution in [3.05, 3.63) is 34.8 Å². The standard InChI is InChI=1S/C12H12FNO/c1-6-4-5-9(13)12-10(6)7(2)11(14-12)8(3)15/h4-5,14H,1-3H3. The van der Waals surface area contributed by atoms with Crippen LogP contribution in [0.1, 0.15) is 28.5 Å². The summed E-state index contributed by atoms with van der Waals surface area (Å²) in [7, 11) is 0. The third-order valence-electron chi connectivity index (χ3n) is 2.71. The zero-order chi connectivity index (χ0) is 11.2. The molecule has 1 heterocycles. The minimum atomic E-state index is -0.314. The Labute approximate surface area is 87.1 Å². The molecule has 0 saturated carbocycles. The van der Waals surface area contributed by atoms with Gasteiger partial charge in [0.1, 0.15) is 5.82 Å². The topological polar surface area (TPSA) is 32.9 Å². The Morgan fingerprint density at radius 3 is 2.53 bits per heavy atom. The quantitative estimate of drug-likeness (QED) is 0.713. The zero-order valence-electron chi connectivity index (χ0n) is 8.94. The van der Waals surface area contributed by atoms with Gasteiger partial charge in [-0.25, -0.2) is 4.39 Å². The summed E-state index contributed by atoms with van der Waals surface area (Å²) in [5, 5.41) is 0.820. The summed E-state index contributed by atoms with van der Waals surface area (Å²) in [6.45, 7) is 5.22. The smallest absolute Gasteiger partial charge is 0.176 e. The minimum Gasteiger partial charge on any atom is -0.349 e. The molecule has 78 valence electrons. The van der Waals surface area contributed by atoms with E-state index in [0.717, 1.165) is 16.5 Å². The zero-order valence-corrected chi connectivity index (χ0v) is 8.94. The van der Waals surface area contributed by atoms with Gasteiger partial charge in [-0.3, -0.25) is 4.79 Å². The fourth-order valence-corrected chi connectivity index (χ4v) is 1.98. The molecule has 0 spiro atoms. The van der Waals surface area contributed by atoms with E-state index in [4.69, 9.17) is 0 Å². The van der Waals surface area contributed by atoms with Crippen molar-refractivity contribution in [1.29, 1.82) is 0 Å². The Morgan fingerprint density at radius 2 is 2.00 bits per heavy atom. The number of aryl methyl sites for hydroxylation is 2. The highest BCUT2D eigenvalue weighted by molar-refractivity contribution is 6.01. The van der Waals surface area contributed by atoms with Gasteiger partial charge in [0, 0.05) is 12.3 Å². The Morgan fingerprint density at radius 1 is 1.33 bits per heavy atom. The Bertz CT molecular complexity index is 554. The summed E-state index contributed by atoms with van der Waals surface area (Å²) in [5.41, 5.74) is 2.73. The first kappa shape index (κ1) is 9.90. The summed E-state index contributed by atoms with van der Waals surface area (Å²) in [6.07, 6.45) is 0. The van der Waals surface area contributed by atoms with Crippen LogP contribution in [0, 0.1) is 19.7 Å². The number of H-pyrrole nitrogens is 1. The molecule has 0 amide bonds. The van der Waals surface area contributed by atoms with Crippen LogP contribution >= 0.6 is 0 Å². The maximum absolute atomic E-state index is 13.5. The van der Waals surface area contributed by atoms with E-state index in [1.807, 2.05) is 13.8 Å². The van der Waals surface area contributed by atoms with Gasteiger partial charge in [-0.15, -0.1) is 0 Å². The molecule has 0 bridgehead atoms. The average Bonchev–Trinajstić information content (AvgIpc) is 2.51. The van der Waals surface area contributed by atoms with Crippen LogP contribution in [0.4, 0.5) is 4.39 Å². The van der Waals surface area contributed by atoms with Crippen LogP contribution in [0.15, 0.2) is 12.1 Å². The number of aromatic amines is 1. The van der Waals surface area contributed by atoms with Crippen molar-refractivity contribution in [2.45, 2.75) is 20.8 Å². The minimum absolute atomic E-state index is 0.0671. The second-order valence-electron chi connectivity index (χ2n) is 3.80.